The summed E-state index contributed by atoms with van der Waals surface area (Å²) in [5.74, 6) is 1.61. The van der Waals surface area contributed by atoms with E-state index >= 15 is 0 Å². The predicted molar refractivity (Wildman–Crippen MR) is 96.5 cm³/mol. The van der Waals surface area contributed by atoms with Crippen LogP contribution in [0.1, 0.15) is 23.9 Å². The zero-order chi connectivity index (χ0) is 17.4. The lowest BCUT2D eigenvalue weighted by Gasteiger charge is -2.15. The van der Waals surface area contributed by atoms with Crippen molar-refractivity contribution in [3.05, 3.63) is 47.5 Å². The average molecular weight is 329 g/mol. The van der Waals surface area contributed by atoms with E-state index in [1.54, 1.807) is 18.1 Å². The molecule has 24 heavy (non-hydrogen) atoms. The largest absolute Gasteiger partial charge is 0.352 e. The first kappa shape index (κ1) is 17.9. The van der Waals surface area contributed by atoms with E-state index in [1.165, 1.54) is 11.1 Å². The fourth-order valence-electron chi connectivity index (χ4n) is 2.31. The van der Waals surface area contributed by atoms with Gasteiger partial charge in [-0.3, -0.25) is 9.67 Å². The van der Waals surface area contributed by atoms with Crippen LogP contribution in [-0.4, -0.2) is 46.3 Å². The number of nitrogens with zero attached hydrogens (tertiary/aromatic N) is 5. The summed E-state index contributed by atoms with van der Waals surface area (Å²) in [5, 5.41) is 10.6. The number of guanidine groups is 1. The predicted octanol–water partition coefficient (Wildman–Crippen LogP) is 1.13. The van der Waals surface area contributed by atoms with Gasteiger partial charge in [-0.1, -0.05) is 31.2 Å². The van der Waals surface area contributed by atoms with Gasteiger partial charge in [0, 0.05) is 27.2 Å². The monoisotopic (exact) mass is 329 g/mol. The third-order valence-corrected chi connectivity index (χ3v) is 3.89. The summed E-state index contributed by atoms with van der Waals surface area (Å²) in [4.78, 5) is 10.7. The summed E-state index contributed by atoms with van der Waals surface area (Å²) in [5.41, 5.74) is 2.55. The summed E-state index contributed by atoms with van der Waals surface area (Å²) < 4.78 is 1.74. The van der Waals surface area contributed by atoms with Gasteiger partial charge in [0.05, 0.1) is 6.54 Å². The van der Waals surface area contributed by atoms with E-state index in [2.05, 4.69) is 68.8 Å². The molecule has 0 bridgehead atoms. The Labute approximate surface area is 143 Å². The minimum Gasteiger partial charge on any atom is -0.352 e. The molecule has 0 aliphatic rings. The van der Waals surface area contributed by atoms with Crippen molar-refractivity contribution in [1.29, 1.82) is 0 Å². The highest BCUT2D eigenvalue weighted by Crippen LogP contribution is 2.07. The minimum atomic E-state index is 0.581. The Balaban J connectivity index is 1.86. The van der Waals surface area contributed by atoms with E-state index in [4.69, 9.17) is 0 Å². The summed E-state index contributed by atoms with van der Waals surface area (Å²) >= 11 is 0. The SMILES string of the molecule is CCN(C)Cc1cccc(CNC(=NC)NCc2ncnn2C)c1. The van der Waals surface area contributed by atoms with Gasteiger partial charge >= 0.3 is 0 Å². The van der Waals surface area contributed by atoms with Gasteiger partial charge in [-0.25, -0.2) is 4.98 Å². The Bertz CT molecular complexity index is 662. The first-order valence-electron chi connectivity index (χ1n) is 8.16. The molecule has 0 spiro atoms. The standard InChI is InChI=1S/C17H27N7/c1-5-23(3)12-15-8-6-7-14(9-15)10-19-17(18-2)20-11-16-21-13-22-24(16)4/h6-9,13H,5,10-12H2,1-4H3,(H2,18,19,20). The highest BCUT2D eigenvalue weighted by Gasteiger charge is 2.04. The van der Waals surface area contributed by atoms with Crippen molar-refractivity contribution in [3.63, 3.8) is 0 Å². The fraction of sp³-hybridized carbons (Fsp3) is 0.471. The van der Waals surface area contributed by atoms with Gasteiger partial charge in [-0.2, -0.15) is 5.10 Å². The van der Waals surface area contributed by atoms with Crippen molar-refractivity contribution in [3.8, 4) is 0 Å². The molecule has 7 heteroatoms. The van der Waals surface area contributed by atoms with Crippen LogP contribution < -0.4 is 10.6 Å². The molecule has 0 amide bonds. The topological polar surface area (TPSA) is 70.4 Å². The van der Waals surface area contributed by atoms with Crippen LogP contribution in [0, 0.1) is 0 Å². The van der Waals surface area contributed by atoms with Crippen LogP contribution in [0.3, 0.4) is 0 Å². The first-order valence-corrected chi connectivity index (χ1v) is 8.16. The second-order valence-corrected chi connectivity index (χ2v) is 5.73. The first-order chi connectivity index (χ1) is 11.6. The van der Waals surface area contributed by atoms with Crippen molar-refractivity contribution in [2.75, 3.05) is 20.6 Å². The highest BCUT2D eigenvalue weighted by atomic mass is 15.3. The zero-order valence-corrected chi connectivity index (χ0v) is 15.0. The van der Waals surface area contributed by atoms with E-state index in [9.17, 15) is 0 Å². The van der Waals surface area contributed by atoms with E-state index in [1.807, 2.05) is 7.05 Å². The normalized spacial score (nSPS) is 11.8. The maximum absolute atomic E-state index is 4.25. The molecule has 2 N–H and O–H groups in total. The van der Waals surface area contributed by atoms with E-state index in [-0.39, 0.29) is 0 Å². The van der Waals surface area contributed by atoms with E-state index in [0.29, 0.717) is 6.54 Å². The van der Waals surface area contributed by atoms with Gasteiger partial charge in [-0.05, 0) is 24.7 Å². The number of benzene rings is 1. The maximum Gasteiger partial charge on any atom is 0.191 e. The van der Waals surface area contributed by atoms with E-state index in [0.717, 1.165) is 31.4 Å². The summed E-state index contributed by atoms with van der Waals surface area (Å²) in [6.45, 7) is 5.47. The molecule has 2 aromatic rings. The highest BCUT2D eigenvalue weighted by molar-refractivity contribution is 5.79. The molecular formula is C17H27N7. The molecule has 0 aliphatic carbocycles. The lowest BCUT2D eigenvalue weighted by molar-refractivity contribution is 0.345. The number of rotatable bonds is 7. The summed E-state index contributed by atoms with van der Waals surface area (Å²) in [6.07, 6.45) is 1.55. The van der Waals surface area contributed by atoms with Gasteiger partial charge in [0.15, 0.2) is 5.96 Å². The molecule has 2 rings (SSSR count). The number of aliphatic imine (C=N–C) groups is 1. The summed E-state index contributed by atoms with van der Waals surface area (Å²) in [6, 6.07) is 8.62. The quantitative estimate of drug-likeness (QED) is 0.589. The third-order valence-electron chi connectivity index (χ3n) is 3.89. The molecule has 0 atom stereocenters. The van der Waals surface area contributed by atoms with Crippen molar-refractivity contribution < 1.29 is 0 Å². The number of hydrogen-bond donors (Lipinski definition) is 2. The molecule has 1 aromatic heterocycles. The van der Waals surface area contributed by atoms with Crippen molar-refractivity contribution in [2.24, 2.45) is 12.0 Å². The minimum absolute atomic E-state index is 0.581. The van der Waals surface area contributed by atoms with Gasteiger partial charge < -0.3 is 15.5 Å². The van der Waals surface area contributed by atoms with Gasteiger partial charge in [0.1, 0.15) is 12.2 Å². The lowest BCUT2D eigenvalue weighted by Crippen LogP contribution is -2.37. The molecule has 0 radical (unpaired) electrons. The molecule has 0 saturated heterocycles. The molecule has 0 saturated carbocycles. The van der Waals surface area contributed by atoms with Crippen LogP contribution in [0.2, 0.25) is 0 Å². The molecular weight excluding hydrogens is 302 g/mol. The van der Waals surface area contributed by atoms with Crippen LogP contribution in [0.5, 0.6) is 0 Å². The zero-order valence-electron chi connectivity index (χ0n) is 15.0. The van der Waals surface area contributed by atoms with Crippen molar-refractivity contribution in [1.82, 2.24) is 30.3 Å². The number of hydrogen-bond acceptors (Lipinski definition) is 4. The lowest BCUT2D eigenvalue weighted by atomic mass is 10.1. The number of nitrogens with one attached hydrogen (secondary N) is 2. The molecule has 0 aliphatic heterocycles. The summed E-state index contributed by atoms with van der Waals surface area (Å²) in [7, 11) is 5.76. The molecule has 1 heterocycles. The average Bonchev–Trinajstić information content (AvgIpc) is 3.00. The van der Waals surface area contributed by atoms with Crippen LogP contribution >= 0.6 is 0 Å². The Morgan fingerprint density at radius 1 is 1.25 bits per heavy atom. The van der Waals surface area contributed by atoms with Crippen molar-refractivity contribution >= 4 is 5.96 Å². The van der Waals surface area contributed by atoms with Crippen LogP contribution in [0.25, 0.3) is 0 Å². The Morgan fingerprint density at radius 2 is 2.00 bits per heavy atom. The molecule has 7 nitrogen and oxygen atoms in total. The fourth-order valence-corrected chi connectivity index (χ4v) is 2.31. The molecule has 0 unspecified atom stereocenters. The van der Waals surface area contributed by atoms with Gasteiger partial charge in [0.25, 0.3) is 0 Å². The second-order valence-electron chi connectivity index (χ2n) is 5.73. The van der Waals surface area contributed by atoms with Gasteiger partial charge in [0.2, 0.25) is 0 Å². The second kappa shape index (κ2) is 9.02. The molecule has 1 aromatic carbocycles. The smallest absolute Gasteiger partial charge is 0.191 e. The molecule has 130 valence electrons. The van der Waals surface area contributed by atoms with Crippen LogP contribution in [0.15, 0.2) is 35.6 Å². The van der Waals surface area contributed by atoms with Crippen LogP contribution in [0.4, 0.5) is 0 Å². The van der Waals surface area contributed by atoms with E-state index < -0.39 is 0 Å². The molecule has 0 fully saturated rings. The Hall–Kier alpha value is -2.41. The third kappa shape index (κ3) is 5.34. The van der Waals surface area contributed by atoms with Crippen LogP contribution in [-0.2, 0) is 26.7 Å². The van der Waals surface area contributed by atoms with Gasteiger partial charge in [-0.15, -0.1) is 0 Å². The maximum atomic E-state index is 4.25. The number of aromatic nitrogens is 3. The Kier molecular flexibility index (Phi) is 6.74. The van der Waals surface area contributed by atoms with Crippen molar-refractivity contribution in [2.45, 2.75) is 26.6 Å². The Morgan fingerprint density at radius 3 is 2.67 bits per heavy atom. The number of aryl methyl sites for hydroxylation is 1.